The maximum absolute atomic E-state index is 13.3. The van der Waals surface area contributed by atoms with Crippen LogP contribution in [0, 0.1) is 6.92 Å². The second-order valence-electron chi connectivity index (χ2n) is 7.75. The molecule has 0 spiro atoms. The molecule has 0 atom stereocenters. The number of imidazole rings is 1. The van der Waals surface area contributed by atoms with E-state index >= 15 is 0 Å². The molecule has 0 aliphatic carbocycles. The predicted octanol–water partition coefficient (Wildman–Crippen LogP) is 4.97. The lowest BCUT2D eigenvalue weighted by atomic mass is 10.0. The van der Waals surface area contributed by atoms with Crippen molar-refractivity contribution in [3.05, 3.63) is 117 Å². The van der Waals surface area contributed by atoms with E-state index in [1.807, 2.05) is 41.8 Å². The van der Waals surface area contributed by atoms with E-state index in [1.54, 1.807) is 48.7 Å². The molecule has 6 nitrogen and oxygen atoms in total. The molecule has 0 saturated heterocycles. The molecule has 0 unspecified atom stereocenters. The molecule has 1 aliphatic rings. The molecule has 2 heterocycles. The Hall–Kier alpha value is -3.84. The maximum atomic E-state index is 13.3. The Balaban J connectivity index is 1.58. The molecular weight excluding hydrogens is 482 g/mol. The van der Waals surface area contributed by atoms with Crippen LogP contribution >= 0.6 is 15.9 Å². The van der Waals surface area contributed by atoms with Gasteiger partial charge in [-0.05, 0) is 37.3 Å². The topological polar surface area (TPSA) is 72.3 Å². The average molecular weight is 500 g/mol. The fraction of sp³-hybridized carbons (Fsp3) is 0.0769. The number of rotatable bonds is 5. The largest absolute Gasteiger partial charge is 0.299 e. The van der Waals surface area contributed by atoms with Crippen LogP contribution in [0.2, 0.25) is 0 Å². The van der Waals surface area contributed by atoms with E-state index in [-0.39, 0.29) is 24.1 Å². The van der Waals surface area contributed by atoms with Gasteiger partial charge in [0.25, 0.3) is 11.8 Å². The summed E-state index contributed by atoms with van der Waals surface area (Å²) in [4.78, 5) is 44.8. The third kappa shape index (κ3) is 3.60. The number of nitrogens with zero attached hydrogens (tertiary/aromatic N) is 3. The second kappa shape index (κ2) is 8.26. The number of carbonyl (C=O) groups is 3. The number of carbonyl (C=O) groups excluding carboxylic acids is 3. The first-order valence-corrected chi connectivity index (χ1v) is 11.1. The van der Waals surface area contributed by atoms with Crippen LogP contribution in [-0.4, -0.2) is 32.0 Å². The standard InChI is InChI=1S/C26H18BrN3O3/c1-16-14-28-23(15-29-25(32)19-9-5-6-10-20(19)26(29)33)30(16)22-13-18(27)11-12-21(22)24(31)17-7-3-2-4-8-17/h2-14H,15H2,1H3. The van der Waals surface area contributed by atoms with Gasteiger partial charge in [-0.2, -0.15) is 0 Å². The Morgan fingerprint density at radius 1 is 0.909 bits per heavy atom. The first-order chi connectivity index (χ1) is 16.0. The number of fused-ring (bicyclic) bond motifs is 1. The Labute approximate surface area is 198 Å². The van der Waals surface area contributed by atoms with Gasteiger partial charge in [0.05, 0.1) is 23.4 Å². The summed E-state index contributed by atoms with van der Waals surface area (Å²) in [5.41, 5.74) is 3.25. The van der Waals surface area contributed by atoms with E-state index in [1.165, 1.54) is 4.90 Å². The summed E-state index contributed by atoms with van der Waals surface area (Å²) in [6.45, 7) is 1.86. The highest BCUT2D eigenvalue weighted by Gasteiger charge is 2.36. The average Bonchev–Trinajstić information content (AvgIpc) is 3.32. The molecule has 0 N–H and O–H groups in total. The number of halogens is 1. The molecule has 3 aromatic carbocycles. The molecule has 33 heavy (non-hydrogen) atoms. The van der Waals surface area contributed by atoms with Crippen LogP contribution in [-0.2, 0) is 6.54 Å². The zero-order chi connectivity index (χ0) is 23.1. The molecule has 0 radical (unpaired) electrons. The summed E-state index contributed by atoms with van der Waals surface area (Å²) in [5, 5.41) is 0. The van der Waals surface area contributed by atoms with E-state index in [4.69, 9.17) is 0 Å². The monoisotopic (exact) mass is 499 g/mol. The second-order valence-corrected chi connectivity index (χ2v) is 8.67. The molecule has 1 aromatic heterocycles. The molecular formula is C26H18BrN3O3. The molecule has 1 aliphatic heterocycles. The molecule has 5 rings (SSSR count). The van der Waals surface area contributed by atoms with Crippen LogP contribution in [0.3, 0.4) is 0 Å². The van der Waals surface area contributed by atoms with Crippen molar-refractivity contribution >= 4 is 33.5 Å². The number of aromatic nitrogens is 2. The minimum atomic E-state index is -0.349. The quantitative estimate of drug-likeness (QED) is 0.287. The first-order valence-electron chi connectivity index (χ1n) is 10.3. The third-order valence-corrected chi connectivity index (χ3v) is 6.16. The number of ketones is 1. The van der Waals surface area contributed by atoms with E-state index in [9.17, 15) is 14.4 Å². The highest BCUT2D eigenvalue weighted by molar-refractivity contribution is 9.10. The van der Waals surface area contributed by atoms with Gasteiger partial charge in [0.2, 0.25) is 0 Å². The van der Waals surface area contributed by atoms with E-state index < -0.39 is 0 Å². The highest BCUT2D eigenvalue weighted by Crippen LogP contribution is 2.28. The summed E-state index contributed by atoms with van der Waals surface area (Å²) in [7, 11) is 0. The van der Waals surface area contributed by atoms with Gasteiger partial charge >= 0.3 is 0 Å². The van der Waals surface area contributed by atoms with Crippen molar-refractivity contribution in [2.75, 3.05) is 0 Å². The van der Waals surface area contributed by atoms with Gasteiger partial charge in [-0.3, -0.25) is 23.9 Å². The highest BCUT2D eigenvalue weighted by atomic mass is 79.9. The normalized spacial score (nSPS) is 12.8. The Morgan fingerprint density at radius 3 is 2.21 bits per heavy atom. The predicted molar refractivity (Wildman–Crippen MR) is 127 cm³/mol. The number of imide groups is 1. The van der Waals surface area contributed by atoms with Crippen LogP contribution < -0.4 is 0 Å². The third-order valence-electron chi connectivity index (χ3n) is 5.67. The van der Waals surface area contributed by atoms with Gasteiger partial charge in [0.15, 0.2) is 5.78 Å². The van der Waals surface area contributed by atoms with Gasteiger partial charge in [0, 0.05) is 27.5 Å². The van der Waals surface area contributed by atoms with Gasteiger partial charge < -0.3 is 0 Å². The number of hydrogen-bond acceptors (Lipinski definition) is 4. The summed E-state index contributed by atoms with van der Waals surface area (Å²) in [6.07, 6.45) is 1.67. The van der Waals surface area contributed by atoms with Gasteiger partial charge in [-0.15, -0.1) is 0 Å². The molecule has 7 heteroatoms. The lowest BCUT2D eigenvalue weighted by Crippen LogP contribution is -2.30. The first kappa shape index (κ1) is 21.0. The van der Waals surface area contributed by atoms with E-state index in [0.717, 1.165) is 10.2 Å². The molecule has 4 aromatic rings. The smallest absolute Gasteiger partial charge is 0.261 e. The summed E-state index contributed by atoms with van der Waals surface area (Å²) < 4.78 is 2.62. The van der Waals surface area contributed by atoms with Crippen molar-refractivity contribution in [3.8, 4) is 5.69 Å². The SMILES string of the molecule is Cc1cnc(CN2C(=O)c3ccccc3C2=O)n1-c1cc(Br)ccc1C(=O)c1ccccc1. The van der Waals surface area contributed by atoms with Crippen molar-refractivity contribution < 1.29 is 14.4 Å². The van der Waals surface area contributed by atoms with Gasteiger partial charge in [0.1, 0.15) is 5.82 Å². The minimum absolute atomic E-state index is 0.00827. The summed E-state index contributed by atoms with van der Waals surface area (Å²) >= 11 is 3.50. The van der Waals surface area contributed by atoms with Crippen LogP contribution in [0.5, 0.6) is 0 Å². The number of aryl methyl sites for hydroxylation is 1. The number of hydrogen-bond donors (Lipinski definition) is 0. The van der Waals surface area contributed by atoms with Crippen molar-refractivity contribution in [1.29, 1.82) is 0 Å². The van der Waals surface area contributed by atoms with Crippen molar-refractivity contribution in [2.45, 2.75) is 13.5 Å². The number of benzene rings is 3. The Kier molecular flexibility index (Phi) is 5.26. The minimum Gasteiger partial charge on any atom is -0.299 e. The lowest BCUT2D eigenvalue weighted by molar-refractivity contribution is 0.0637. The fourth-order valence-electron chi connectivity index (χ4n) is 4.08. The Bertz CT molecular complexity index is 1390. The molecule has 0 fully saturated rings. The molecule has 2 amide bonds. The molecule has 0 bridgehead atoms. The van der Waals surface area contributed by atoms with Crippen molar-refractivity contribution in [3.63, 3.8) is 0 Å². The van der Waals surface area contributed by atoms with Crippen molar-refractivity contribution in [1.82, 2.24) is 14.5 Å². The maximum Gasteiger partial charge on any atom is 0.261 e. The zero-order valence-electron chi connectivity index (χ0n) is 17.7. The zero-order valence-corrected chi connectivity index (χ0v) is 19.2. The molecule has 162 valence electrons. The molecule has 0 saturated carbocycles. The lowest BCUT2D eigenvalue weighted by Gasteiger charge is -2.18. The van der Waals surface area contributed by atoms with E-state index in [2.05, 4.69) is 20.9 Å². The van der Waals surface area contributed by atoms with Gasteiger partial charge in [-0.1, -0.05) is 58.4 Å². The van der Waals surface area contributed by atoms with E-state index in [0.29, 0.717) is 33.8 Å². The van der Waals surface area contributed by atoms with Gasteiger partial charge in [-0.25, -0.2) is 4.98 Å². The number of amides is 2. The van der Waals surface area contributed by atoms with Crippen LogP contribution in [0.4, 0.5) is 0 Å². The summed E-state index contributed by atoms with van der Waals surface area (Å²) in [5.74, 6) is -0.338. The van der Waals surface area contributed by atoms with Crippen LogP contribution in [0.15, 0.2) is 83.5 Å². The summed E-state index contributed by atoms with van der Waals surface area (Å²) in [6, 6.07) is 21.2. The van der Waals surface area contributed by atoms with Crippen molar-refractivity contribution in [2.24, 2.45) is 0 Å². The fourth-order valence-corrected chi connectivity index (χ4v) is 4.43. The van der Waals surface area contributed by atoms with Crippen LogP contribution in [0.25, 0.3) is 5.69 Å². The Morgan fingerprint density at radius 2 is 1.55 bits per heavy atom. The van der Waals surface area contributed by atoms with Crippen LogP contribution in [0.1, 0.15) is 48.2 Å².